The molecule has 5 nitrogen and oxygen atoms in total. The van der Waals surface area contributed by atoms with Crippen LogP contribution in [0.2, 0.25) is 0 Å². The van der Waals surface area contributed by atoms with E-state index in [0.717, 1.165) is 17.9 Å². The number of rotatable bonds is 1. The second-order valence-corrected chi connectivity index (χ2v) is 3.43. The van der Waals surface area contributed by atoms with E-state index in [1.807, 2.05) is 6.08 Å². The van der Waals surface area contributed by atoms with Crippen LogP contribution < -0.4 is 5.32 Å². The van der Waals surface area contributed by atoms with E-state index in [4.69, 9.17) is 4.42 Å². The van der Waals surface area contributed by atoms with Gasteiger partial charge in [-0.1, -0.05) is 6.08 Å². The number of carbonyl (C=O) groups is 1. The molecule has 1 aromatic heterocycles. The van der Waals surface area contributed by atoms with Crippen molar-refractivity contribution in [1.82, 2.24) is 15.2 Å². The van der Waals surface area contributed by atoms with Crippen molar-refractivity contribution in [3.63, 3.8) is 0 Å². The molecule has 1 N–H and O–H groups in total. The molecule has 0 aliphatic carbocycles. The molecule has 5 heteroatoms. The van der Waals surface area contributed by atoms with E-state index >= 15 is 0 Å². The SMILES string of the molecule is O=C1NC2CN1CC=C2c1cnco1. The molecular weight excluding hydrogens is 182 g/mol. The Kier molecular flexibility index (Phi) is 1.41. The highest BCUT2D eigenvalue weighted by atomic mass is 16.3. The predicted octanol–water partition coefficient (Wildman–Crippen LogP) is 0.465. The summed E-state index contributed by atoms with van der Waals surface area (Å²) in [4.78, 5) is 16.9. The van der Waals surface area contributed by atoms with E-state index in [-0.39, 0.29) is 12.1 Å². The van der Waals surface area contributed by atoms with Gasteiger partial charge in [-0.15, -0.1) is 0 Å². The van der Waals surface area contributed by atoms with Gasteiger partial charge in [-0.3, -0.25) is 0 Å². The number of hydrogen-bond donors (Lipinski definition) is 1. The molecule has 2 bridgehead atoms. The molecule has 3 heterocycles. The van der Waals surface area contributed by atoms with Gasteiger partial charge in [-0.05, 0) is 0 Å². The van der Waals surface area contributed by atoms with Crippen molar-refractivity contribution >= 4 is 11.6 Å². The lowest BCUT2D eigenvalue weighted by molar-refractivity contribution is 0.221. The van der Waals surface area contributed by atoms with Crippen molar-refractivity contribution in [2.75, 3.05) is 13.1 Å². The number of aromatic nitrogens is 1. The van der Waals surface area contributed by atoms with Crippen LogP contribution in [-0.2, 0) is 0 Å². The molecule has 1 unspecified atom stereocenters. The summed E-state index contributed by atoms with van der Waals surface area (Å²) >= 11 is 0. The molecule has 3 rings (SSSR count). The van der Waals surface area contributed by atoms with Gasteiger partial charge in [0.1, 0.15) is 0 Å². The van der Waals surface area contributed by atoms with Crippen LogP contribution >= 0.6 is 0 Å². The van der Waals surface area contributed by atoms with Gasteiger partial charge in [-0.25, -0.2) is 9.78 Å². The number of nitrogens with one attached hydrogen (secondary N) is 1. The fourth-order valence-corrected chi connectivity index (χ4v) is 1.90. The highest BCUT2D eigenvalue weighted by Crippen LogP contribution is 2.25. The van der Waals surface area contributed by atoms with Crippen molar-refractivity contribution < 1.29 is 9.21 Å². The maximum Gasteiger partial charge on any atom is 0.318 e. The quantitative estimate of drug-likeness (QED) is 0.701. The van der Waals surface area contributed by atoms with Gasteiger partial charge in [0, 0.05) is 18.7 Å². The summed E-state index contributed by atoms with van der Waals surface area (Å²) < 4.78 is 5.21. The maximum absolute atomic E-state index is 11.3. The van der Waals surface area contributed by atoms with Crippen LogP contribution in [0.5, 0.6) is 0 Å². The van der Waals surface area contributed by atoms with E-state index in [1.54, 1.807) is 11.1 Å². The molecule has 0 aromatic carbocycles. The number of urea groups is 1. The summed E-state index contributed by atoms with van der Waals surface area (Å²) in [5, 5.41) is 2.89. The topological polar surface area (TPSA) is 58.4 Å². The lowest BCUT2D eigenvalue weighted by Gasteiger charge is -2.19. The Morgan fingerprint density at radius 2 is 2.57 bits per heavy atom. The minimum absolute atomic E-state index is 0.000709. The Morgan fingerprint density at radius 3 is 3.36 bits per heavy atom. The first kappa shape index (κ1) is 7.61. The summed E-state index contributed by atoms with van der Waals surface area (Å²) in [5.74, 6) is 0.747. The van der Waals surface area contributed by atoms with Gasteiger partial charge >= 0.3 is 6.03 Å². The minimum Gasteiger partial charge on any atom is -0.444 e. The van der Waals surface area contributed by atoms with Crippen molar-refractivity contribution in [2.45, 2.75) is 6.04 Å². The number of nitrogens with zero attached hydrogens (tertiary/aromatic N) is 2. The van der Waals surface area contributed by atoms with Gasteiger partial charge in [0.15, 0.2) is 12.2 Å². The Balaban J connectivity index is 1.96. The predicted molar refractivity (Wildman–Crippen MR) is 48.4 cm³/mol. The lowest BCUT2D eigenvalue weighted by Crippen LogP contribution is -2.29. The summed E-state index contributed by atoms with van der Waals surface area (Å²) in [7, 11) is 0. The molecule has 1 atom stereocenters. The molecule has 1 aromatic rings. The van der Waals surface area contributed by atoms with Crippen molar-refractivity contribution in [2.24, 2.45) is 0 Å². The zero-order chi connectivity index (χ0) is 9.54. The molecular formula is C9H9N3O2. The standard InChI is InChI=1S/C9H9N3O2/c13-9-11-7-4-12(9)2-1-6(7)8-3-10-5-14-8/h1,3,5,7H,2,4H2,(H,11,13). The highest BCUT2D eigenvalue weighted by Gasteiger charge is 2.35. The third-order valence-corrected chi connectivity index (χ3v) is 2.61. The zero-order valence-electron chi connectivity index (χ0n) is 7.43. The van der Waals surface area contributed by atoms with Crippen LogP contribution in [0.15, 0.2) is 23.1 Å². The fourth-order valence-electron chi connectivity index (χ4n) is 1.90. The van der Waals surface area contributed by atoms with Crippen molar-refractivity contribution in [3.8, 4) is 0 Å². The normalized spacial score (nSPS) is 24.9. The maximum atomic E-state index is 11.3. The third kappa shape index (κ3) is 0.951. The van der Waals surface area contributed by atoms with Crippen LogP contribution in [0.4, 0.5) is 4.79 Å². The molecule has 72 valence electrons. The zero-order valence-corrected chi connectivity index (χ0v) is 7.43. The van der Waals surface area contributed by atoms with E-state index in [0.29, 0.717) is 6.54 Å². The van der Waals surface area contributed by atoms with E-state index in [9.17, 15) is 4.79 Å². The van der Waals surface area contributed by atoms with Gasteiger partial charge in [0.2, 0.25) is 0 Å². The van der Waals surface area contributed by atoms with Crippen LogP contribution in [-0.4, -0.2) is 35.0 Å². The van der Waals surface area contributed by atoms with E-state index in [1.165, 1.54) is 6.39 Å². The highest BCUT2D eigenvalue weighted by molar-refractivity contribution is 5.84. The summed E-state index contributed by atoms with van der Waals surface area (Å²) in [6.45, 7) is 1.38. The molecule has 2 amide bonds. The molecule has 0 radical (unpaired) electrons. The minimum atomic E-state index is 0.000709. The molecule has 1 fully saturated rings. The average molecular weight is 191 g/mol. The molecule has 2 aliphatic heterocycles. The second kappa shape index (κ2) is 2.60. The lowest BCUT2D eigenvalue weighted by atomic mass is 10.0. The van der Waals surface area contributed by atoms with Crippen LogP contribution in [0.3, 0.4) is 0 Å². The first-order valence-corrected chi connectivity index (χ1v) is 4.49. The van der Waals surface area contributed by atoms with Crippen LogP contribution in [0.25, 0.3) is 5.57 Å². The summed E-state index contributed by atoms with van der Waals surface area (Å²) in [6, 6.07) is 0.0602. The monoisotopic (exact) mass is 191 g/mol. The Labute approximate surface area is 80.4 Å². The number of fused-ring (bicyclic) bond motifs is 2. The van der Waals surface area contributed by atoms with Gasteiger partial charge in [0.25, 0.3) is 0 Å². The Morgan fingerprint density at radius 1 is 1.64 bits per heavy atom. The first-order chi connectivity index (χ1) is 6.84. The first-order valence-electron chi connectivity index (χ1n) is 4.49. The number of oxazole rings is 1. The Hall–Kier alpha value is -1.78. The third-order valence-electron chi connectivity index (χ3n) is 2.61. The molecule has 14 heavy (non-hydrogen) atoms. The van der Waals surface area contributed by atoms with Gasteiger partial charge in [-0.2, -0.15) is 0 Å². The van der Waals surface area contributed by atoms with Crippen LogP contribution in [0, 0.1) is 0 Å². The fraction of sp³-hybridized carbons (Fsp3) is 0.333. The average Bonchev–Trinajstić information content (AvgIpc) is 2.78. The summed E-state index contributed by atoms with van der Waals surface area (Å²) in [5.41, 5.74) is 1.03. The number of amides is 2. The largest absolute Gasteiger partial charge is 0.444 e. The van der Waals surface area contributed by atoms with Crippen molar-refractivity contribution in [3.05, 3.63) is 24.4 Å². The van der Waals surface area contributed by atoms with Crippen molar-refractivity contribution in [1.29, 1.82) is 0 Å². The smallest absolute Gasteiger partial charge is 0.318 e. The van der Waals surface area contributed by atoms with E-state index < -0.39 is 0 Å². The molecule has 0 saturated carbocycles. The molecule has 0 spiro atoms. The van der Waals surface area contributed by atoms with Gasteiger partial charge < -0.3 is 14.6 Å². The van der Waals surface area contributed by atoms with E-state index in [2.05, 4.69) is 10.3 Å². The number of hydrogen-bond acceptors (Lipinski definition) is 3. The summed E-state index contributed by atoms with van der Waals surface area (Å²) in [6.07, 6.45) is 5.08. The molecule has 2 aliphatic rings. The Bertz CT molecular complexity index is 396. The van der Waals surface area contributed by atoms with Crippen LogP contribution in [0.1, 0.15) is 5.76 Å². The molecule has 1 saturated heterocycles. The number of carbonyl (C=O) groups excluding carboxylic acids is 1. The second-order valence-electron chi connectivity index (χ2n) is 3.43. The van der Waals surface area contributed by atoms with Gasteiger partial charge in [0.05, 0.1) is 12.2 Å².